The summed E-state index contributed by atoms with van der Waals surface area (Å²) < 4.78 is 0. The van der Waals surface area contributed by atoms with Gasteiger partial charge in [0.25, 0.3) is 0 Å². The first-order valence-corrected chi connectivity index (χ1v) is 2.88. The normalized spacial score (nSPS) is 18.6. The molecule has 0 amide bonds. The van der Waals surface area contributed by atoms with Gasteiger partial charge in [0.15, 0.2) is 0 Å². The Kier molecular flexibility index (Phi) is 1.53. The first kappa shape index (κ1) is 5.63. The second-order valence-corrected chi connectivity index (χ2v) is 2.29. The van der Waals surface area contributed by atoms with Gasteiger partial charge in [0.05, 0.1) is 6.54 Å². The topological polar surface area (TPSA) is 21.3 Å². The third-order valence-corrected chi connectivity index (χ3v) is 1.31. The van der Waals surface area contributed by atoms with Gasteiger partial charge < -0.3 is 4.84 Å². The minimum Gasteiger partial charge on any atom is -0.416 e. The van der Waals surface area contributed by atoms with Crippen LogP contribution in [0.4, 0.5) is 0 Å². The van der Waals surface area contributed by atoms with E-state index >= 15 is 0 Å². The zero-order chi connectivity index (χ0) is 5.98. The fraction of sp³-hybridized carbons (Fsp3) is 0.667. The van der Waals surface area contributed by atoms with E-state index in [-0.39, 0.29) is 0 Å². The smallest absolute Gasteiger partial charge is 0.112 e. The zero-order valence-electron chi connectivity index (χ0n) is 5.27. The first-order chi connectivity index (χ1) is 3.80. The van der Waals surface area contributed by atoms with Crippen LogP contribution in [0, 0.1) is 5.92 Å². The lowest BCUT2D eigenvalue weighted by Crippen LogP contribution is -2.08. The van der Waals surface area contributed by atoms with Crippen molar-refractivity contribution in [3.63, 3.8) is 0 Å². The van der Waals surface area contributed by atoms with Crippen LogP contribution in [0.2, 0.25) is 0 Å². The molecule has 1 aliphatic heterocycles. The number of hydrogen-bond donors (Lipinski definition) is 1. The summed E-state index contributed by atoms with van der Waals surface area (Å²) in [4.78, 5) is 4.81. The Balaban J connectivity index is 2.45. The predicted octanol–water partition coefficient (Wildman–Crippen LogP) is 1.06. The molecule has 0 aromatic carbocycles. The van der Waals surface area contributed by atoms with Crippen molar-refractivity contribution in [3.8, 4) is 0 Å². The molecule has 0 saturated carbocycles. The monoisotopic (exact) mass is 113 g/mol. The molecule has 0 aromatic heterocycles. The summed E-state index contributed by atoms with van der Waals surface area (Å²) in [6, 6.07) is 0. The third-order valence-electron chi connectivity index (χ3n) is 1.31. The quantitative estimate of drug-likeness (QED) is 0.549. The van der Waals surface area contributed by atoms with Gasteiger partial charge in [-0.3, -0.25) is 0 Å². The highest BCUT2D eigenvalue weighted by atomic mass is 16.6. The fourth-order valence-corrected chi connectivity index (χ4v) is 0.624. The van der Waals surface area contributed by atoms with Crippen molar-refractivity contribution in [1.29, 1.82) is 0 Å². The van der Waals surface area contributed by atoms with Crippen LogP contribution in [-0.4, -0.2) is 6.54 Å². The highest BCUT2D eigenvalue weighted by molar-refractivity contribution is 5.05. The maximum absolute atomic E-state index is 4.81. The molecular weight excluding hydrogens is 102 g/mol. The molecule has 0 aromatic rings. The van der Waals surface area contributed by atoms with E-state index in [0.717, 1.165) is 6.54 Å². The van der Waals surface area contributed by atoms with Crippen molar-refractivity contribution in [2.24, 2.45) is 5.92 Å². The Morgan fingerprint density at radius 1 is 1.75 bits per heavy atom. The molecule has 2 heteroatoms. The van der Waals surface area contributed by atoms with Gasteiger partial charge in [0, 0.05) is 0 Å². The van der Waals surface area contributed by atoms with E-state index in [4.69, 9.17) is 4.84 Å². The zero-order valence-corrected chi connectivity index (χ0v) is 5.27. The predicted molar refractivity (Wildman–Crippen MR) is 32.0 cm³/mol. The maximum Gasteiger partial charge on any atom is 0.112 e. The molecule has 46 valence electrons. The third kappa shape index (κ3) is 1.01. The lowest BCUT2D eigenvalue weighted by Gasteiger charge is -1.99. The summed E-state index contributed by atoms with van der Waals surface area (Å²) in [5.41, 5.74) is 4.10. The van der Waals surface area contributed by atoms with E-state index in [2.05, 4.69) is 19.3 Å². The second kappa shape index (κ2) is 2.18. The van der Waals surface area contributed by atoms with Gasteiger partial charge in [0.2, 0.25) is 0 Å². The van der Waals surface area contributed by atoms with E-state index in [1.165, 1.54) is 5.57 Å². The van der Waals surface area contributed by atoms with Crippen LogP contribution in [0.25, 0.3) is 0 Å². The van der Waals surface area contributed by atoms with Gasteiger partial charge in [-0.05, 0) is 11.5 Å². The Bertz CT molecular complexity index is 107. The van der Waals surface area contributed by atoms with Gasteiger partial charge in [-0.25, -0.2) is 0 Å². The number of nitrogens with one attached hydrogen (secondary N) is 1. The Hall–Kier alpha value is -0.500. The summed E-state index contributed by atoms with van der Waals surface area (Å²) in [7, 11) is 0. The van der Waals surface area contributed by atoms with Crippen molar-refractivity contribution >= 4 is 0 Å². The largest absolute Gasteiger partial charge is 0.416 e. The molecular formula is C6H11NO. The van der Waals surface area contributed by atoms with E-state index in [9.17, 15) is 0 Å². The van der Waals surface area contributed by atoms with Gasteiger partial charge in [-0.15, -0.1) is 0 Å². The van der Waals surface area contributed by atoms with Crippen LogP contribution in [0.5, 0.6) is 0 Å². The molecule has 0 spiro atoms. The van der Waals surface area contributed by atoms with E-state index in [1.54, 1.807) is 6.26 Å². The van der Waals surface area contributed by atoms with Crippen molar-refractivity contribution in [2.75, 3.05) is 6.54 Å². The van der Waals surface area contributed by atoms with Crippen LogP contribution in [-0.2, 0) is 4.84 Å². The van der Waals surface area contributed by atoms with Crippen LogP contribution >= 0.6 is 0 Å². The molecule has 0 aliphatic carbocycles. The summed E-state index contributed by atoms with van der Waals surface area (Å²) in [5, 5.41) is 0. The average Bonchev–Trinajstić information content (AvgIpc) is 2.12. The molecule has 0 bridgehead atoms. The lowest BCUT2D eigenvalue weighted by atomic mass is 10.1. The van der Waals surface area contributed by atoms with Crippen molar-refractivity contribution in [1.82, 2.24) is 5.48 Å². The highest BCUT2D eigenvalue weighted by Gasteiger charge is 2.07. The van der Waals surface area contributed by atoms with Crippen molar-refractivity contribution in [3.05, 3.63) is 11.8 Å². The van der Waals surface area contributed by atoms with Gasteiger partial charge >= 0.3 is 0 Å². The number of hydrogen-bond acceptors (Lipinski definition) is 2. The molecule has 1 N–H and O–H groups in total. The lowest BCUT2D eigenvalue weighted by molar-refractivity contribution is 0.168. The number of rotatable bonds is 1. The first-order valence-electron chi connectivity index (χ1n) is 2.88. The molecule has 0 unspecified atom stereocenters. The minimum atomic E-state index is 0.616. The van der Waals surface area contributed by atoms with E-state index in [0.29, 0.717) is 5.92 Å². The van der Waals surface area contributed by atoms with Crippen LogP contribution in [0.1, 0.15) is 13.8 Å². The summed E-state index contributed by atoms with van der Waals surface area (Å²) >= 11 is 0. The van der Waals surface area contributed by atoms with Crippen molar-refractivity contribution < 1.29 is 4.84 Å². The van der Waals surface area contributed by atoms with Crippen LogP contribution in [0.15, 0.2) is 11.8 Å². The molecule has 8 heavy (non-hydrogen) atoms. The van der Waals surface area contributed by atoms with E-state index in [1.807, 2.05) is 0 Å². The summed E-state index contributed by atoms with van der Waals surface area (Å²) in [6.07, 6.45) is 1.78. The molecule has 0 fully saturated rings. The molecule has 2 nitrogen and oxygen atoms in total. The molecule has 0 radical (unpaired) electrons. The molecule has 1 heterocycles. The highest BCUT2D eigenvalue weighted by Crippen LogP contribution is 2.10. The minimum absolute atomic E-state index is 0.616. The molecule has 1 aliphatic rings. The van der Waals surface area contributed by atoms with Crippen molar-refractivity contribution in [2.45, 2.75) is 13.8 Å². The van der Waals surface area contributed by atoms with Crippen LogP contribution in [0.3, 0.4) is 0 Å². The Labute approximate surface area is 49.5 Å². The molecule has 0 saturated heterocycles. The van der Waals surface area contributed by atoms with E-state index < -0.39 is 0 Å². The molecule has 0 atom stereocenters. The number of hydroxylamine groups is 1. The summed E-state index contributed by atoms with van der Waals surface area (Å²) in [5.74, 6) is 0.616. The second-order valence-electron chi connectivity index (χ2n) is 2.29. The van der Waals surface area contributed by atoms with Gasteiger partial charge in [-0.2, -0.15) is 5.48 Å². The molecule has 1 rings (SSSR count). The SMILES string of the molecule is CC(C)C1=CONC1. The Morgan fingerprint density at radius 2 is 2.50 bits per heavy atom. The fourth-order valence-electron chi connectivity index (χ4n) is 0.624. The maximum atomic E-state index is 4.81. The summed E-state index contributed by atoms with van der Waals surface area (Å²) in [6.45, 7) is 5.20. The van der Waals surface area contributed by atoms with Gasteiger partial charge in [-0.1, -0.05) is 13.8 Å². The Morgan fingerprint density at radius 3 is 2.75 bits per heavy atom. The standard InChI is InChI=1S/C6H11NO/c1-5(2)6-3-7-8-4-6/h4-5,7H,3H2,1-2H3. The van der Waals surface area contributed by atoms with Gasteiger partial charge in [0.1, 0.15) is 6.26 Å². The average molecular weight is 113 g/mol. The van der Waals surface area contributed by atoms with Crippen LogP contribution < -0.4 is 5.48 Å².